The van der Waals surface area contributed by atoms with Gasteiger partial charge in [-0.05, 0) is 132 Å². The molecule has 6 rings (SSSR count). The molecule has 0 unspecified atom stereocenters. The molecule has 0 spiro atoms. The number of anilines is 1. The topological polar surface area (TPSA) is 45.7 Å². The molecule has 3 aliphatic carbocycles. The minimum Gasteiger partial charge on any atom is -0.496 e. The Bertz CT molecular complexity index is 1360. The van der Waals surface area contributed by atoms with Crippen molar-refractivity contribution in [3.05, 3.63) is 64.8 Å². The second-order valence-corrected chi connectivity index (χ2v) is 14.3. The number of ether oxygens (including phenoxy) is 1. The predicted molar refractivity (Wildman–Crippen MR) is 174 cm³/mol. The van der Waals surface area contributed by atoms with E-state index in [0.29, 0.717) is 29.7 Å². The van der Waals surface area contributed by atoms with Gasteiger partial charge in [-0.1, -0.05) is 24.3 Å². The second kappa shape index (κ2) is 12.9. The zero-order valence-corrected chi connectivity index (χ0v) is 26.7. The third-order valence-corrected chi connectivity index (χ3v) is 11.3. The molecule has 0 radical (unpaired) electrons. The largest absolute Gasteiger partial charge is 0.496 e. The van der Waals surface area contributed by atoms with Gasteiger partial charge in [-0.2, -0.15) is 0 Å². The number of rotatable bonds is 9. The molecular weight excluding hydrogens is 538 g/mol. The highest BCUT2D eigenvalue weighted by Gasteiger charge is 2.33. The molecule has 0 N–H and O–H groups in total. The van der Waals surface area contributed by atoms with Gasteiger partial charge in [-0.25, -0.2) is 4.98 Å². The molecule has 2 aromatic carbocycles. The lowest BCUT2D eigenvalue weighted by molar-refractivity contribution is -0.123. The van der Waals surface area contributed by atoms with Gasteiger partial charge in [0.2, 0.25) is 5.91 Å². The summed E-state index contributed by atoms with van der Waals surface area (Å²) in [5.41, 5.74) is 4.88. The van der Waals surface area contributed by atoms with Gasteiger partial charge < -0.3 is 14.5 Å². The van der Waals surface area contributed by atoms with E-state index in [1.165, 1.54) is 52.3 Å². The highest BCUT2D eigenvalue weighted by molar-refractivity contribution is 7.15. The van der Waals surface area contributed by atoms with Crippen LogP contribution in [0.25, 0.3) is 10.4 Å². The molecule has 1 heterocycles. The van der Waals surface area contributed by atoms with Crippen LogP contribution in [0.3, 0.4) is 0 Å². The molecule has 0 saturated heterocycles. The number of hydrogen-bond donors (Lipinski definition) is 0. The standard InChI is InChI=1S/C36H47N3O2S/c1-24-20-29(16-19-33(24)41-4)26-10-8-25(9-11-26)23-39(36(40)28-14-17-31(18-15-28)38(2)3)32-7-5-6-30(21-32)34-22-37-35(42-34)27-12-13-27/h5-7,16,19-22,25-28,31H,8-15,17-18,23H2,1-4H3/t25-,26-,28-,31-. The van der Waals surface area contributed by atoms with Crippen molar-refractivity contribution in [1.82, 2.24) is 9.88 Å². The van der Waals surface area contributed by atoms with Gasteiger partial charge in [0.1, 0.15) is 5.75 Å². The molecule has 3 aliphatic rings. The van der Waals surface area contributed by atoms with Gasteiger partial charge in [0, 0.05) is 36.3 Å². The van der Waals surface area contributed by atoms with E-state index in [-0.39, 0.29) is 5.92 Å². The van der Waals surface area contributed by atoms with Gasteiger partial charge in [-0.3, -0.25) is 4.79 Å². The molecule has 5 nitrogen and oxygen atoms in total. The van der Waals surface area contributed by atoms with Gasteiger partial charge in [0.25, 0.3) is 0 Å². The highest BCUT2D eigenvalue weighted by Crippen LogP contribution is 2.44. The fourth-order valence-corrected chi connectivity index (χ4v) is 8.32. The second-order valence-electron chi connectivity index (χ2n) is 13.3. The Morgan fingerprint density at radius 1 is 0.929 bits per heavy atom. The summed E-state index contributed by atoms with van der Waals surface area (Å²) in [6.45, 7) is 2.96. The number of hydrogen-bond acceptors (Lipinski definition) is 5. The summed E-state index contributed by atoms with van der Waals surface area (Å²) in [6.07, 6.45) is 13.4. The number of nitrogens with zero attached hydrogens (tertiary/aromatic N) is 3. The quantitative estimate of drug-likeness (QED) is 0.253. The van der Waals surface area contributed by atoms with E-state index >= 15 is 0 Å². The maximum Gasteiger partial charge on any atom is 0.230 e. The maximum absolute atomic E-state index is 14.3. The SMILES string of the molecule is COc1ccc([C@H]2CC[C@H](CN(c3cccc(-c4cnc(C5CC5)s4)c3)C(=O)[C@H]3CC[C@H](N(C)C)CC3)CC2)cc1C. The molecule has 1 amide bonds. The van der Waals surface area contributed by atoms with E-state index in [0.717, 1.165) is 56.5 Å². The van der Waals surface area contributed by atoms with Gasteiger partial charge >= 0.3 is 0 Å². The monoisotopic (exact) mass is 585 g/mol. The average Bonchev–Trinajstić information content (AvgIpc) is 3.75. The molecule has 3 aromatic rings. The van der Waals surface area contributed by atoms with E-state index < -0.39 is 0 Å². The van der Waals surface area contributed by atoms with E-state index in [1.807, 2.05) is 17.5 Å². The third-order valence-electron chi connectivity index (χ3n) is 10.1. The zero-order chi connectivity index (χ0) is 29.2. The van der Waals surface area contributed by atoms with Crippen LogP contribution < -0.4 is 9.64 Å². The van der Waals surface area contributed by atoms with Crippen LogP contribution in [0.15, 0.2) is 48.7 Å². The predicted octanol–water partition coefficient (Wildman–Crippen LogP) is 8.43. The lowest BCUT2D eigenvalue weighted by Crippen LogP contribution is -2.43. The van der Waals surface area contributed by atoms with Crippen LogP contribution in [0.2, 0.25) is 0 Å². The van der Waals surface area contributed by atoms with Crippen LogP contribution >= 0.6 is 11.3 Å². The van der Waals surface area contributed by atoms with Gasteiger partial charge in [0.05, 0.1) is 17.0 Å². The fraction of sp³-hybridized carbons (Fsp3) is 0.556. The van der Waals surface area contributed by atoms with Crippen LogP contribution in [-0.4, -0.2) is 49.6 Å². The molecule has 224 valence electrons. The van der Waals surface area contributed by atoms with Gasteiger partial charge in [0.15, 0.2) is 0 Å². The van der Waals surface area contributed by atoms with Crippen molar-refractivity contribution in [2.75, 3.05) is 32.6 Å². The Labute approximate surface area is 256 Å². The van der Waals surface area contributed by atoms with Crippen molar-refractivity contribution >= 4 is 22.9 Å². The van der Waals surface area contributed by atoms with Crippen LogP contribution in [-0.2, 0) is 4.79 Å². The first-order valence-corrected chi connectivity index (χ1v) is 16.9. The summed E-state index contributed by atoms with van der Waals surface area (Å²) in [5, 5.41) is 1.27. The molecule has 3 fully saturated rings. The molecule has 6 heteroatoms. The molecule has 0 atom stereocenters. The first kappa shape index (κ1) is 29.4. The van der Waals surface area contributed by atoms with Crippen LogP contribution in [0.5, 0.6) is 5.75 Å². The van der Waals surface area contributed by atoms with Crippen molar-refractivity contribution in [2.24, 2.45) is 11.8 Å². The summed E-state index contributed by atoms with van der Waals surface area (Å²) >= 11 is 1.83. The third kappa shape index (κ3) is 6.60. The van der Waals surface area contributed by atoms with Crippen molar-refractivity contribution in [3.63, 3.8) is 0 Å². The first-order valence-electron chi connectivity index (χ1n) is 16.1. The number of amides is 1. The number of carbonyl (C=O) groups excluding carboxylic acids is 1. The van der Waals surface area contributed by atoms with Crippen molar-refractivity contribution in [2.45, 2.75) is 89.0 Å². The Morgan fingerprint density at radius 2 is 1.67 bits per heavy atom. The number of benzene rings is 2. The number of aryl methyl sites for hydroxylation is 1. The van der Waals surface area contributed by atoms with E-state index in [4.69, 9.17) is 9.72 Å². The van der Waals surface area contributed by atoms with Gasteiger partial charge in [-0.15, -0.1) is 11.3 Å². The molecular formula is C36H47N3O2S. The lowest BCUT2D eigenvalue weighted by atomic mass is 9.78. The summed E-state index contributed by atoms with van der Waals surface area (Å²) in [7, 11) is 6.08. The molecule has 1 aromatic heterocycles. The minimum atomic E-state index is 0.119. The van der Waals surface area contributed by atoms with Crippen molar-refractivity contribution < 1.29 is 9.53 Å². The Balaban J connectivity index is 1.19. The molecule has 42 heavy (non-hydrogen) atoms. The van der Waals surface area contributed by atoms with E-state index in [2.05, 4.69) is 73.3 Å². The summed E-state index contributed by atoms with van der Waals surface area (Å²) in [6, 6.07) is 16.0. The van der Waals surface area contributed by atoms with Crippen LogP contribution in [0.1, 0.15) is 92.2 Å². The molecule has 0 aliphatic heterocycles. The average molecular weight is 586 g/mol. The smallest absolute Gasteiger partial charge is 0.230 e. The van der Waals surface area contributed by atoms with Crippen LogP contribution in [0, 0.1) is 18.8 Å². The minimum absolute atomic E-state index is 0.119. The molecule has 0 bridgehead atoms. The number of carbonyl (C=O) groups is 1. The van der Waals surface area contributed by atoms with E-state index in [1.54, 1.807) is 7.11 Å². The number of methoxy groups -OCH3 is 1. The summed E-state index contributed by atoms with van der Waals surface area (Å²) in [4.78, 5) is 24.7. The van der Waals surface area contributed by atoms with E-state index in [9.17, 15) is 4.79 Å². The maximum atomic E-state index is 14.3. The Kier molecular flexibility index (Phi) is 9.01. The Morgan fingerprint density at radius 3 is 2.33 bits per heavy atom. The summed E-state index contributed by atoms with van der Waals surface area (Å²) < 4.78 is 5.49. The van der Waals surface area contributed by atoms with Crippen molar-refractivity contribution in [3.8, 4) is 16.2 Å². The lowest BCUT2D eigenvalue weighted by Gasteiger charge is -2.37. The number of aromatic nitrogens is 1. The fourth-order valence-electron chi connectivity index (χ4n) is 7.24. The summed E-state index contributed by atoms with van der Waals surface area (Å²) in [5.74, 6) is 3.20. The van der Waals surface area contributed by atoms with Crippen molar-refractivity contribution in [1.29, 1.82) is 0 Å². The first-order chi connectivity index (χ1) is 20.4. The number of thiazole rings is 1. The normalized spacial score (nSPS) is 24.5. The highest BCUT2D eigenvalue weighted by atomic mass is 32.1. The van der Waals surface area contributed by atoms with Crippen LogP contribution in [0.4, 0.5) is 5.69 Å². The zero-order valence-electron chi connectivity index (χ0n) is 25.9. The molecule has 3 saturated carbocycles. The Hall–Kier alpha value is -2.70.